The minimum Gasteiger partial charge on any atom is -0.491 e. The standard InChI is InChI=1S/C15H14N4OS/c1-9(2)20-12-6-4-11(5-7-12)14-13(8-16)19-15(17-14)21-10(3)18-19/h4-7,9H,1-3H3. The van der Waals surface area contributed by atoms with Crippen molar-refractivity contribution in [2.45, 2.75) is 26.9 Å². The number of hydrogen-bond acceptors (Lipinski definition) is 5. The largest absolute Gasteiger partial charge is 0.491 e. The molecule has 1 aromatic carbocycles. The highest BCUT2D eigenvalue weighted by Crippen LogP contribution is 2.27. The maximum Gasteiger partial charge on any atom is 0.213 e. The number of imidazole rings is 1. The summed E-state index contributed by atoms with van der Waals surface area (Å²) < 4.78 is 7.23. The average Bonchev–Trinajstić information content (AvgIpc) is 2.94. The lowest BCUT2D eigenvalue weighted by Crippen LogP contribution is -2.05. The van der Waals surface area contributed by atoms with Crippen LogP contribution in [-0.2, 0) is 0 Å². The molecule has 0 amide bonds. The number of nitrogens with zero attached hydrogens (tertiary/aromatic N) is 4. The van der Waals surface area contributed by atoms with E-state index in [0.29, 0.717) is 11.4 Å². The minimum atomic E-state index is 0.135. The molecule has 2 aromatic heterocycles. The molecule has 0 atom stereocenters. The number of benzene rings is 1. The molecule has 0 saturated heterocycles. The monoisotopic (exact) mass is 298 g/mol. The number of nitriles is 1. The van der Waals surface area contributed by atoms with E-state index < -0.39 is 0 Å². The van der Waals surface area contributed by atoms with Crippen LogP contribution in [0.3, 0.4) is 0 Å². The van der Waals surface area contributed by atoms with E-state index in [-0.39, 0.29) is 6.10 Å². The Hall–Kier alpha value is -2.39. The van der Waals surface area contributed by atoms with E-state index >= 15 is 0 Å². The number of aromatic nitrogens is 3. The molecule has 106 valence electrons. The van der Waals surface area contributed by atoms with Crippen LogP contribution < -0.4 is 4.74 Å². The van der Waals surface area contributed by atoms with Gasteiger partial charge in [-0.15, -0.1) is 0 Å². The van der Waals surface area contributed by atoms with Crippen molar-refractivity contribution in [3.63, 3.8) is 0 Å². The van der Waals surface area contributed by atoms with Gasteiger partial charge in [0.25, 0.3) is 0 Å². The number of ether oxygens (including phenoxy) is 1. The molecule has 5 nitrogen and oxygen atoms in total. The summed E-state index contributed by atoms with van der Waals surface area (Å²) in [6, 6.07) is 9.80. The fourth-order valence-electron chi connectivity index (χ4n) is 2.11. The Labute approximate surface area is 126 Å². The summed E-state index contributed by atoms with van der Waals surface area (Å²) in [5.41, 5.74) is 2.01. The zero-order valence-corrected chi connectivity index (χ0v) is 12.8. The maximum atomic E-state index is 9.38. The van der Waals surface area contributed by atoms with Crippen molar-refractivity contribution in [3.8, 4) is 23.1 Å². The van der Waals surface area contributed by atoms with Crippen molar-refractivity contribution in [1.82, 2.24) is 14.6 Å². The lowest BCUT2D eigenvalue weighted by atomic mass is 10.1. The van der Waals surface area contributed by atoms with Gasteiger partial charge in [-0.05, 0) is 45.0 Å². The summed E-state index contributed by atoms with van der Waals surface area (Å²) >= 11 is 1.47. The van der Waals surface area contributed by atoms with E-state index in [4.69, 9.17) is 4.74 Å². The molecule has 0 saturated carbocycles. The SMILES string of the molecule is Cc1nn2c(C#N)c(-c3ccc(OC(C)C)cc3)nc2s1. The van der Waals surface area contributed by atoms with Crippen LogP contribution in [0.2, 0.25) is 0 Å². The molecule has 0 spiro atoms. The second kappa shape index (κ2) is 5.19. The van der Waals surface area contributed by atoms with E-state index in [1.54, 1.807) is 4.52 Å². The zero-order valence-electron chi connectivity index (χ0n) is 12.0. The van der Waals surface area contributed by atoms with Crippen LogP contribution in [0.15, 0.2) is 24.3 Å². The van der Waals surface area contributed by atoms with E-state index in [2.05, 4.69) is 16.2 Å². The third-order valence-corrected chi connectivity index (χ3v) is 3.73. The number of hydrogen-bond donors (Lipinski definition) is 0. The average molecular weight is 298 g/mol. The van der Waals surface area contributed by atoms with Gasteiger partial charge in [-0.25, -0.2) is 4.98 Å². The topological polar surface area (TPSA) is 63.2 Å². The van der Waals surface area contributed by atoms with Crippen LogP contribution in [0.1, 0.15) is 24.5 Å². The lowest BCUT2D eigenvalue weighted by molar-refractivity contribution is 0.242. The van der Waals surface area contributed by atoms with Gasteiger partial charge in [0.05, 0.1) is 6.10 Å². The Balaban J connectivity index is 2.04. The second-order valence-corrected chi connectivity index (χ2v) is 6.09. The van der Waals surface area contributed by atoms with Gasteiger partial charge in [-0.1, -0.05) is 11.3 Å². The van der Waals surface area contributed by atoms with Crippen molar-refractivity contribution in [2.24, 2.45) is 0 Å². The molecule has 0 bridgehead atoms. The molecular weight excluding hydrogens is 284 g/mol. The summed E-state index contributed by atoms with van der Waals surface area (Å²) in [6.45, 7) is 5.87. The Morgan fingerprint density at radius 3 is 2.62 bits per heavy atom. The molecule has 6 heteroatoms. The number of aryl methyl sites for hydroxylation is 1. The van der Waals surface area contributed by atoms with Gasteiger partial charge in [-0.3, -0.25) is 0 Å². The van der Waals surface area contributed by atoms with Gasteiger partial charge in [0, 0.05) is 5.56 Å². The summed E-state index contributed by atoms with van der Waals surface area (Å²) in [7, 11) is 0. The van der Waals surface area contributed by atoms with Crippen LogP contribution >= 0.6 is 11.3 Å². The fourth-order valence-corrected chi connectivity index (χ4v) is 2.85. The predicted molar refractivity (Wildman–Crippen MR) is 81.5 cm³/mol. The molecule has 0 fully saturated rings. The first kappa shape index (κ1) is 13.6. The molecule has 0 radical (unpaired) electrons. The Morgan fingerprint density at radius 2 is 2.00 bits per heavy atom. The molecule has 0 unspecified atom stereocenters. The maximum absolute atomic E-state index is 9.38. The summed E-state index contributed by atoms with van der Waals surface area (Å²) in [6.07, 6.45) is 0.135. The molecule has 2 heterocycles. The van der Waals surface area contributed by atoms with Gasteiger partial charge in [0.15, 0.2) is 5.69 Å². The first-order valence-electron chi connectivity index (χ1n) is 6.62. The van der Waals surface area contributed by atoms with Crippen molar-refractivity contribution in [1.29, 1.82) is 5.26 Å². The third-order valence-electron chi connectivity index (χ3n) is 2.91. The van der Waals surface area contributed by atoms with E-state index in [1.165, 1.54) is 11.3 Å². The van der Waals surface area contributed by atoms with Crippen molar-refractivity contribution < 1.29 is 4.74 Å². The smallest absolute Gasteiger partial charge is 0.213 e. The Kier molecular flexibility index (Phi) is 3.35. The summed E-state index contributed by atoms with van der Waals surface area (Å²) in [5.74, 6) is 0.808. The van der Waals surface area contributed by atoms with Gasteiger partial charge >= 0.3 is 0 Å². The fraction of sp³-hybridized carbons (Fsp3) is 0.267. The highest BCUT2D eigenvalue weighted by Gasteiger charge is 2.16. The van der Waals surface area contributed by atoms with E-state index in [9.17, 15) is 5.26 Å². The number of rotatable bonds is 3. The Morgan fingerprint density at radius 1 is 1.29 bits per heavy atom. The van der Waals surface area contributed by atoms with Gasteiger partial charge in [0.2, 0.25) is 4.96 Å². The normalized spacial score (nSPS) is 11.0. The van der Waals surface area contributed by atoms with E-state index in [0.717, 1.165) is 21.3 Å². The minimum absolute atomic E-state index is 0.135. The van der Waals surface area contributed by atoms with Crippen LogP contribution in [0.25, 0.3) is 16.2 Å². The van der Waals surface area contributed by atoms with Crippen LogP contribution in [-0.4, -0.2) is 20.7 Å². The zero-order chi connectivity index (χ0) is 15.0. The third kappa shape index (κ3) is 2.48. The molecule has 0 N–H and O–H groups in total. The van der Waals surface area contributed by atoms with Crippen LogP contribution in [0.4, 0.5) is 0 Å². The highest BCUT2D eigenvalue weighted by atomic mass is 32.1. The quantitative estimate of drug-likeness (QED) is 0.743. The van der Waals surface area contributed by atoms with Gasteiger partial charge in [0.1, 0.15) is 22.5 Å². The molecular formula is C15H14N4OS. The van der Waals surface area contributed by atoms with Crippen molar-refractivity contribution in [3.05, 3.63) is 35.0 Å². The molecule has 0 aliphatic rings. The molecule has 0 aliphatic heterocycles. The first-order valence-corrected chi connectivity index (χ1v) is 7.43. The van der Waals surface area contributed by atoms with Crippen LogP contribution in [0.5, 0.6) is 5.75 Å². The van der Waals surface area contributed by atoms with Gasteiger partial charge in [-0.2, -0.15) is 14.9 Å². The molecule has 3 rings (SSSR count). The molecule has 0 aliphatic carbocycles. The predicted octanol–water partition coefficient (Wildman–Crippen LogP) is 3.43. The number of fused-ring (bicyclic) bond motifs is 1. The summed E-state index contributed by atoms with van der Waals surface area (Å²) in [4.78, 5) is 5.26. The lowest BCUT2D eigenvalue weighted by Gasteiger charge is -2.09. The second-order valence-electron chi connectivity index (χ2n) is 4.93. The Bertz CT molecular complexity index is 824. The molecule has 3 aromatic rings. The molecule has 21 heavy (non-hydrogen) atoms. The highest BCUT2D eigenvalue weighted by molar-refractivity contribution is 7.16. The van der Waals surface area contributed by atoms with Gasteiger partial charge < -0.3 is 4.74 Å². The summed E-state index contributed by atoms with van der Waals surface area (Å²) in [5, 5.41) is 14.6. The van der Waals surface area contributed by atoms with Crippen molar-refractivity contribution >= 4 is 16.3 Å². The van der Waals surface area contributed by atoms with E-state index in [1.807, 2.05) is 45.0 Å². The van der Waals surface area contributed by atoms with Crippen LogP contribution in [0, 0.1) is 18.3 Å². The van der Waals surface area contributed by atoms with Crippen molar-refractivity contribution in [2.75, 3.05) is 0 Å². The first-order chi connectivity index (χ1) is 10.1.